The van der Waals surface area contributed by atoms with Gasteiger partial charge in [-0.3, -0.25) is 0 Å². The summed E-state index contributed by atoms with van der Waals surface area (Å²) in [6.07, 6.45) is 5.12. The summed E-state index contributed by atoms with van der Waals surface area (Å²) >= 11 is 0. The molecule has 0 saturated carbocycles. The molecule has 0 unspecified atom stereocenters. The van der Waals surface area contributed by atoms with E-state index in [2.05, 4.69) is 49.9 Å². The van der Waals surface area contributed by atoms with Gasteiger partial charge in [-0.15, -0.1) is 0 Å². The van der Waals surface area contributed by atoms with Gasteiger partial charge in [-0.2, -0.15) is 0 Å². The van der Waals surface area contributed by atoms with Crippen molar-refractivity contribution in [1.82, 2.24) is 9.13 Å². The SMILES string of the molecule is CCCN(CCC)[Si](C)(C)N(CCC)CCC. The van der Waals surface area contributed by atoms with Gasteiger partial charge in [0.2, 0.25) is 0 Å². The number of rotatable bonds is 10. The van der Waals surface area contributed by atoms with Crippen molar-refractivity contribution in [3.63, 3.8) is 0 Å². The Labute approximate surface area is 111 Å². The lowest BCUT2D eigenvalue weighted by atomic mass is 10.4. The van der Waals surface area contributed by atoms with E-state index in [0.29, 0.717) is 0 Å². The highest BCUT2D eigenvalue weighted by atomic mass is 28.3. The number of hydrogen-bond donors (Lipinski definition) is 0. The van der Waals surface area contributed by atoms with Crippen molar-refractivity contribution in [2.24, 2.45) is 0 Å². The van der Waals surface area contributed by atoms with Crippen molar-refractivity contribution >= 4 is 8.40 Å². The summed E-state index contributed by atoms with van der Waals surface area (Å²) in [4.78, 5) is 0. The molecule has 0 aromatic carbocycles. The van der Waals surface area contributed by atoms with Gasteiger partial charge in [0.1, 0.15) is 0 Å². The Hall–Kier alpha value is 0.137. The van der Waals surface area contributed by atoms with Crippen molar-refractivity contribution in [3.05, 3.63) is 0 Å². The maximum Gasteiger partial charge on any atom is 0.200 e. The third-order valence-corrected chi connectivity index (χ3v) is 7.51. The summed E-state index contributed by atoms with van der Waals surface area (Å²) in [7, 11) is -1.38. The molecule has 0 heterocycles. The second-order valence-electron chi connectivity index (χ2n) is 5.47. The van der Waals surface area contributed by atoms with E-state index in [1.54, 1.807) is 0 Å². The van der Waals surface area contributed by atoms with E-state index in [1.165, 1.54) is 51.9 Å². The van der Waals surface area contributed by atoms with E-state index in [4.69, 9.17) is 0 Å². The van der Waals surface area contributed by atoms with Crippen LogP contribution in [0.2, 0.25) is 13.1 Å². The van der Waals surface area contributed by atoms with Crippen LogP contribution < -0.4 is 0 Å². The molecule has 0 aliphatic heterocycles. The van der Waals surface area contributed by atoms with E-state index < -0.39 is 8.40 Å². The number of hydrogen-bond acceptors (Lipinski definition) is 2. The van der Waals surface area contributed by atoms with Gasteiger partial charge >= 0.3 is 0 Å². The largest absolute Gasteiger partial charge is 0.312 e. The Morgan fingerprint density at radius 3 is 1.00 bits per heavy atom. The minimum absolute atomic E-state index is 1.27. The Morgan fingerprint density at radius 2 is 0.824 bits per heavy atom. The standard InChI is InChI=1S/C14H34N2Si/c1-7-11-15(12-8-2)17(5,6)16(13-9-3)14-10-4/h7-14H2,1-6H3. The molecule has 17 heavy (non-hydrogen) atoms. The lowest BCUT2D eigenvalue weighted by Gasteiger charge is -2.45. The van der Waals surface area contributed by atoms with Crippen LogP contribution in [0.3, 0.4) is 0 Å². The van der Waals surface area contributed by atoms with E-state index in [0.717, 1.165) is 0 Å². The van der Waals surface area contributed by atoms with Crippen LogP contribution in [0.4, 0.5) is 0 Å². The first kappa shape index (κ1) is 17.1. The highest BCUT2D eigenvalue weighted by Crippen LogP contribution is 2.17. The summed E-state index contributed by atoms with van der Waals surface area (Å²) in [6.45, 7) is 19.4. The van der Waals surface area contributed by atoms with Gasteiger partial charge in [-0.25, -0.2) is 0 Å². The molecule has 0 spiro atoms. The average Bonchev–Trinajstić information content (AvgIpc) is 2.28. The van der Waals surface area contributed by atoms with Gasteiger partial charge in [0.05, 0.1) is 0 Å². The van der Waals surface area contributed by atoms with Crippen LogP contribution in [0.5, 0.6) is 0 Å². The van der Waals surface area contributed by atoms with E-state index >= 15 is 0 Å². The Balaban J connectivity index is 4.71. The molecule has 0 atom stereocenters. The monoisotopic (exact) mass is 258 g/mol. The minimum Gasteiger partial charge on any atom is -0.312 e. The first-order valence-corrected chi connectivity index (χ1v) is 10.4. The third kappa shape index (κ3) is 5.54. The zero-order valence-corrected chi connectivity index (χ0v) is 14.1. The van der Waals surface area contributed by atoms with Gasteiger partial charge in [0, 0.05) is 0 Å². The summed E-state index contributed by atoms with van der Waals surface area (Å²) < 4.78 is 5.58. The van der Waals surface area contributed by atoms with Crippen molar-refractivity contribution in [3.8, 4) is 0 Å². The zero-order valence-electron chi connectivity index (χ0n) is 13.1. The first-order chi connectivity index (χ1) is 8.04. The summed E-state index contributed by atoms with van der Waals surface area (Å²) in [5.41, 5.74) is 0. The minimum atomic E-state index is -1.38. The Morgan fingerprint density at radius 1 is 0.588 bits per heavy atom. The Kier molecular flexibility index (Phi) is 9.19. The van der Waals surface area contributed by atoms with Crippen LogP contribution in [0.15, 0.2) is 0 Å². The average molecular weight is 259 g/mol. The quantitative estimate of drug-likeness (QED) is 0.548. The van der Waals surface area contributed by atoms with Gasteiger partial charge in [-0.05, 0) is 65.0 Å². The maximum absolute atomic E-state index is 2.79. The van der Waals surface area contributed by atoms with Gasteiger partial charge in [-0.1, -0.05) is 27.7 Å². The fraction of sp³-hybridized carbons (Fsp3) is 1.00. The molecular weight excluding hydrogens is 224 g/mol. The summed E-state index contributed by atoms with van der Waals surface area (Å²) in [6, 6.07) is 0. The van der Waals surface area contributed by atoms with Crippen molar-refractivity contribution in [2.45, 2.75) is 66.5 Å². The van der Waals surface area contributed by atoms with Crippen molar-refractivity contribution in [2.75, 3.05) is 26.2 Å². The Bertz CT molecular complexity index is 153. The highest BCUT2D eigenvalue weighted by molar-refractivity contribution is 6.71. The van der Waals surface area contributed by atoms with Crippen LogP contribution >= 0.6 is 0 Å². The smallest absolute Gasteiger partial charge is 0.200 e. The highest BCUT2D eigenvalue weighted by Gasteiger charge is 2.34. The van der Waals surface area contributed by atoms with Crippen molar-refractivity contribution < 1.29 is 0 Å². The van der Waals surface area contributed by atoms with Crippen molar-refractivity contribution in [1.29, 1.82) is 0 Å². The van der Waals surface area contributed by atoms with Crippen LogP contribution in [-0.4, -0.2) is 43.7 Å². The lowest BCUT2D eigenvalue weighted by Crippen LogP contribution is -2.62. The fourth-order valence-electron chi connectivity index (χ4n) is 2.60. The maximum atomic E-state index is 2.79. The number of nitrogens with zero attached hydrogens (tertiary/aromatic N) is 2. The summed E-state index contributed by atoms with van der Waals surface area (Å²) in [5, 5.41) is 0. The molecule has 0 rings (SSSR count). The molecule has 0 fully saturated rings. The second-order valence-corrected chi connectivity index (χ2v) is 9.72. The molecular formula is C14H34N2Si. The molecule has 0 aromatic heterocycles. The zero-order chi connectivity index (χ0) is 13.3. The fourth-order valence-corrected chi connectivity index (χ4v) is 6.08. The molecule has 3 heteroatoms. The normalized spacial score (nSPS) is 12.7. The van der Waals surface area contributed by atoms with Crippen LogP contribution in [0.25, 0.3) is 0 Å². The molecule has 0 aromatic rings. The van der Waals surface area contributed by atoms with Crippen LogP contribution in [-0.2, 0) is 0 Å². The summed E-state index contributed by atoms with van der Waals surface area (Å²) in [5.74, 6) is 0. The van der Waals surface area contributed by atoms with E-state index in [-0.39, 0.29) is 0 Å². The first-order valence-electron chi connectivity index (χ1n) is 7.54. The van der Waals surface area contributed by atoms with Gasteiger partial charge < -0.3 is 9.13 Å². The van der Waals surface area contributed by atoms with Gasteiger partial charge in [0.25, 0.3) is 0 Å². The lowest BCUT2D eigenvalue weighted by molar-refractivity contribution is 0.323. The predicted octanol–water partition coefficient (Wildman–Crippen LogP) is 3.93. The molecule has 0 N–H and O–H groups in total. The van der Waals surface area contributed by atoms with Gasteiger partial charge in [0.15, 0.2) is 8.40 Å². The predicted molar refractivity (Wildman–Crippen MR) is 81.8 cm³/mol. The molecule has 104 valence electrons. The molecule has 0 aliphatic rings. The van der Waals surface area contributed by atoms with Crippen LogP contribution in [0.1, 0.15) is 53.4 Å². The van der Waals surface area contributed by atoms with E-state index in [9.17, 15) is 0 Å². The second kappa shape index (κ2) is 9.12. The molecule has 0 amide bonds. The van der Waals surface area contributed by atoms with Crippen LogP contribution in [0, 0.1) is 0 Å². The molecule has 2 nitrogen and oxygen atoms in total. The third-order valence-electron chi connectivity index (χ3n) is 3.52. The molecule has 0 radical (unpaired) electrons. The topological polar surface area (TPSA) is 6.48 Å². The van der Waals surface area contributed by atoms with E-state index in [1.807, 2.05) is 0 Å². The molecule has 0 saturated heterocycles. The molecule has 0 aliphatic carbocycles. The molecule has 0 bridgehead atoms.